The predicted molar refractivity (Wildman–Crippen MR) is 84.0 cm³/mol. The zero-order chi connectivity index (χ0) is 15.4. The third kappa shape index (κ3) is 1.83. The van der Waals surface area contributed by atoms with Gasteiger partial charge in [-0.2, -0.15) is 0 Å². The topological polar surface area (TPSA) is 49.4 Å². The Labute approximate surface area is 130 Å². The van der Waals surface area contributed by atoms with Crippen LogP contribution in [0.15, 0.2) is 30.4 Å². The number of likely N-dealkylation sites (tertiary alicyclic amines) is 1. The molecule has 1 heterocycles. The minimum Gasteiger partial charge on any atom is -0.367 e. The summed E-state index contributed by atoms with van der Waals surface area (Å²) in [4.78, 5) is 26.5. The maximum Gasteiger partial charge on any atom is 0.235 e. The van der Waals surface area contributed by atoms with E-state index >= 15 is 0 Å². The first-order valence-electron chi connectivity index (χ1n) is 7.91. The van der Waals surface area contributed by atoms with E-state index in [1.807, 2.05) is 18.2 Å². The molecule has 1 aromatic rings. The molecule has 2 fully saturated rings. The number of nitrogens with zero attached hydrogens (tertiary/aromatic N) is 1. The van der Waals surface area contributed by atoms with Crippen LogP contribution in [-0.2, 0) is 9.59 Å². The fourth-order valence-electron chi connectivity index (χ4n) is 4.14. The molecule has 4 nitrogen and oxygen atoms in total. The van der Waals surface area contributed by atoms with Crippen molar-refractivity contribution in [1.29, 1.82) is 0 Å². The largest absolute Gasteiger partial charge is 0.367 e. The Kier molecular flexibility index (Phi) is 2.90. The lowest BCUT2D eigenvalue weighted by atomic mass is 9.85. The number of imide groups is 1. The molecule has 3 aliphatic rings. The number of carbonyl (C=O) groups is 2. The highest BCUT2D eigenvalue weighted by atomic mass is 16.2. The number of nitrogens with one attached hydrogen (secondary N) is 1. The van der Waals surface area contributed by atoms with Gasteiger partial charge < -0.3 is 5.32 Å². The van der Waals surface area contributed by atoms with Crippen molar-refractivity contribution in [3.63, 3.8) is 0 Å². The number of fused-ring (bicyclic) bond motifs is 5. The molecular weight excluding hydrogens is 276 g/mol. The van der Waals surface area contributed by atoms with E-state index in [9.17, 15) is 9.59 Å². The second-order valence-electron chi connectivity index (χ2n) is 6.74. The molecule has 0 aromatic heterocycles. The molecule has 114 valence electrons. The number of rotatable bonds is 3. The maximum absolute atomic E-state index is 12.6. The van der Waals surface area contributed by atoms with Crippen LogP contribution in [0.2, 0.25) is 0 Å². The number of amides is 2. The molecular formula is C18H20N2O2. The lowest BCUT2D eigenvalue weighted by Gasteiger charge is -2.18. The van der Waals surface area contributed by atoms with Gasteiger partial charge in [-0.25, -0.2) is 0 Å². The molecule has 4 rings (SSSR count). The number of benzene rings is 1. The number of aryl methyl sites for hydroxylation is 2. The zero-order valence-corrected chi connectivity index (χ0v) is 12.9. The average molecular weight is 296 g/mol. The Bertz CT molecular complexity index is 664. The highest BCUT2D eigenvalue weighted by Crippen LogP contribution is 2.52. The Hall–Kier alpha value is -2.10. The smallest absolute Gasteiger partial charge is 0.235 e. The van der Waals surface area contributed by atoms with Crippen LogP contribution in [0.3, 0.4) is 0 Å². The van der Waals surface area contributed by atoms with Gasteiger partial charge in [0.25, 0.3) is 0 Å². The standard InChI is InChI=1S/C18H20N2O2/c1-10-3-6-14(7-11(10)2)19-9-20-17(21)15-12-4-5-13(8-12)16(15)18(20)22/h3-7,12-13,15-16,19H,8-9H2,1-2H3/t12-,13-,15-,16-/m0/s1. The lowest BCUT2D eigenvalue weighted by molar-refractivity contribution is -0.140. The Morgan fingerprint density at radius 1 is 1.05 bits per heavy atom. The first-order chi connectivity index (χ1) is 10.6. The van der Waals surface area contributed by atoms with Crippen molar-refractivity contribution in [1.82, 2.24) is 4.90 Å². The molecule has 2 aliphatic carbocycles. The van der Waals surface area contributed by atoms with E-state index in [0.717, 1.165) is 12.1 Å². The molecule has 0 radical (unpaired) electrons. The molecule has 22 heavy (non-hydrogen) atoms. The van der Waals surface area contributed by atoms with Crippen LogP contribution < -0.4 is 5.32 Å². The van der Waals surface area contributed by atoms with Gasteiger partial charge in [0.15, 0.2) is 0 Å². The van der Waals surface area contributed by atoms with Gasteiger partial charge >= 0.3 is 0 Å². The lowest BCUT2D eigenvalue weighted by Crippen LogP contribution is -2.37. The summed E-state index contributed by atoms with van der Waals surface area (Å²) in [6, 6.07) is 6.08. The SMILES string of the molecule is Cc1ccc(NCN2C(=O)[C@@H]3[C@@H](C2=O)[C@H]2C=C[C@H]3C2)cc1C. The second kappa shape index (κ2) is 4.70. The van der Waals surface area contributed by atoms with Gasteiger partial charge in [-0.3, -0.25) is 14.5 Å². The molecule has 4 atom stereocenters. The van der Waals surface area contributed by atoms with Crippen molar-refractivity contribution < 1.29 is 9.59 Å². The summed E-state index contributed by atoms with van der Waals surface area (Å²) in [5.74, 6) is 0.343. The Balaban J connectivity index is 1.49. The number of anilines is 1. The summed E-state index contributed by atoms with van der Waals surface area (Å²) >= 11 is 0. The fourth-order valence-corrected chi connectivity index (χ4v) is 4.14. The molecule has 0 unspecified atom stereocenters. The van der Waals surface area contributed by atoms with Crippen molar-refractivity contribution in [2.75, 3.05) is 12.0 Å². The molecule has 1 aliphatic heterocycles. The van der Waals surface area contributed by atoms with Crippen LogP contribution in [0.25, 0.3) is 0 Å². The minimum absolute atomic E-state index is 0.00295. The Morgan fingerprint density at radius 2 is 1.68 bits per heavy atom. The predicted octanol–water partition coefficient (Wildman–Crippen LogP) is 2.48. The van der Waals surface area contributed by atoms with Crippen molar-refractivity contribution in [2.24, 2.45) is 23.7 Å². The van der Waals surface area contributed by atoms with Gasteiger partial charge in [0.1, 0.15) is 0 Å². The van der Waals surface area contributed by atoms with Gasteiger partial charge in [0.05, 0.1) is 18.5 Å². The van der Waals surface area contributed by atoms with E-state index in [0.29, 0.717) is 0 Å². The van der Waals surface area contributed by atoms with E-state index in [-0.39, 0.29) is 42.2 Å². The van der Waals surface area contributed by atoms with Crippen molar-refractivity contribution in [2.45, 2.75) is 20.3 Å². The van der Waals surface area contributed by atoms with E-state index in [1.54, 1.807) is 0 Å². The molecule has 2 bridgehead atoms. The Morgan fingerprint density at radius 3 is 2.27 bits per heavy atom. The fraction of sp³-hybridized carbons (Fsp3) is 0.444. The highest BCUT2D eigenvalue weighted by Gasteiger charge is 2.59. The van der Waals surface area contributed by atoms with Gasteiger partial charge in [-0.15, -0.1) is 0 Å². The summed E-state index contributed by atoms with van der Waals surface area (Å²) in [5, 5.41) is 3.22. The van der Waals surface area contributed by atoms with Gasteiger partial charge in [0, 0.05) is 5.69 Å². The second-order valence-corrected chi connectivity index (χ2v) is 6.74. The van der Waals surface area contributed by atoms with Gasteiger partial charge in [-0.1, -0.05) is 18.2 Å². The molecule has 4 heteroatoms. The molecule has 1 N–H and O–H groups in total. The zero-order valence-electron chi connectivity index (χ0n) is 12.9. The van der Waals surface area contributed by atoms with Gasteiger partial charge in [0.2, 0.25) is 11.8 Å². The first-order valence-corrected chi connectivity index (χ1v) is 7.91. The van der Waals surface area contributed by atoms with Crippen LogP contribution in [0, 0.1) is 37.5 Å². The summed E-state index contributed by atoms with van der Waals surface area (Å²) in [6.45, 7) is 4.39. The summed E-state index contributed by atoms with van der Waals surface area (Å²) < 4.78 is 0. The first kappa shape index (κ1) is 13.6. The monoisotopic (exact) mass is 296 g/mol. The normalized spacial score (nSPS) is 32.0. The van der Waals surface area contributed by atoms with Crippen LogP contribution >= 0.6 is 0 Å². The molecule has 2 amide bonds. The van der Waals surface area contributed by atoms with Gasteiger partial charge in [-0.05, 0) is 55.4 Å². The van der Waals surface area contributed by atoms with Crippen molar-refractivity contribution in [3.8, 4) is 0 Å². The van der Waals surface area contributed by atoms with E-state index in [2.05, 4.69) is 31.3 Å². The third-order valence-corrected chi connectivity index (χ3v) is 5.51. The highest BCUT2D eigenvalue weighted by molar-refractivity contribution is 6.06. The number of carbonyl (C=O) groups excluding carboxylic acids is 2. The summed E-state index contributed by atoms with van der Waals surface area (Å²) in [5.41, 5.74) is 3.38. The van der Waals surface area contributed by atoms with E-state index < -0.39 is 0 Å². The van der Waals surface area contributed by atoms with Crippen LogP contribution in [-0.4, -0.2) is 23.4 Å². The van der Waals surface area contributed by atoms with E-state index in [1.165, 1.54) is 16.0 Å². The van der Waals surface area contributed by atoms with Crippen molar-refractivity contribution in [3.05, 3.63) is 41.5 Å². The summed E-state index contributed by atoms with van der Waals surface area (Å²) in [7, 11) is 0. The molecule has 1 saturated carbocycles. The average Bonchev–Trinajstić information content (AvgIpc) is 3.16. The third-order valence-electron chi connectivity index (χ3n) is 5.51. The van der Waals surface area contributed by atoms with E-state index in [4.69, 9.17) is 0 Å². The molecule has 1 saturated heterocycles. The quantitative estimate of drug-likeness (QED) is 0.688. The van der Waals surface area contributed by atoms with Crippen LogP contribution in [0.4, 0.5) is 5.69 Å². The van der Waals surface area contributed by atoms with Crippen molar-refractivity contribution >= 4 is 17.5 Å². The maximum atomic E-state index is 12.6. The number of hydrogen-bond donors (Lipinski definition) is 1. The molecule has 1 aromatic carbocycles. The number of hydrogen-bond acceptors (Lipinski definition) is 3. The molecule has 0 spiro atoms. The minimum atomic E-state index is -0.107. The number of allylic oxidation sites excluding steroid dienone is 2. The van der Waals surface area contributed by atoms with Crippen LogP contribution in [0.1, 0.15) is 17.5 Å². The van der Waals surface area contributed by atoms with Crippen LogP contribution in [0.5, 0.6) is 0 Å². The summed E-state index contributed by atoms with van der Waals surface area (Å²) in [6.07, 6.45) is 5.22.